The van der Waals surface area contributed by atoms with E-state index in [4.69, 9.17) is 9.84 Å². The molecule has 6 rings (SSSR count). The molecule has 0 aliphatic carbocycles. The molecule has 0 bridgehead atoms. The Balaban J connectivity index is 0.000000215. The fourth-order valence-corrected chi connectivity index (χ4v) is 4.66. The second-order valence-corrected chi connectivity index (χ2v) is 9.20. The van der Waals surface area contributed by atoms with Crippen LogP contribution < -0.4 is 0 Å². The van der Waals surface area contributed by atoms with Crippen molar-refractivity contribution in [3.63, 3.8) is 0 Å². The van der Waals surface area contributed by atoms with Crippen LogP contribution in [0.4, 0.5) is 0 Å². The quantitative estimate of drug-likeness (QED) is 0.180. The summed E-state index contributed by atoms with van der Waals surface area (Å²) in [5, 5.41) is 11.0. The molecule has 0 unspecified atom stereocenters. The smallest absolute Gasteiger partial charge is 0.310 e. The number of nitrogens with one attached hydrogen (secondary N) is 2. The van der Waals surface area contributed by atoms with E-state index in [2.05, 4.69) is 34.2 Å². The van der Waals surface area contributed by atoms with Crippen molar-refractivity contribution in [3.8, 4) is 22.3 Å². The molecule has 0 aliphatic rings. The SMILES string of the molecule is COC(=O)Cc1c[nH]c2ccc(-c3ccccc3)cc12.O=C(O)Cc1c[nH]c2ccc(-c3ccccc3)cc12.[Ar].[Ar]. The molecule has 41 heavy (non-hydrogen) atoms. The van der Waals surface area contributed by atoms with E-state index in [1.807, 2.05) is 79.0 Å². The minimum Gasteiger partial charge on any atom is -0.481 e. The van der Waals surface area contributed by atoms with Crippen molar-refractivity contribution in [3.05, 3.63) is 121 Å². The van der Waals surface area contributed by atoms with Gasteiger partial charge in [-0.05, 0) is 57.6 Å². The number of aromatic nitrogens is 2. The number of methoxy groups -OCH3 is 1. The first-order valence-electron chi connectivity index (χ1n) is 12.6. The maximum atomic E-state index is 11.4. The van der Waals surface area contributed by atoms with Gasteiger partial charge in [-0.25, -0.2) is 0 Å². The number of hydrogen-bond donors (Lipinski definition) is 3. The number of carbonyl (C=O) groups is 2. The first kappa shape index (κ1) is 32.9. The Bertz CT molecular complexity index is 1750. The second kappa shape index (κ2) is 15.6. The molecule has 2 heterocycles. The molecule has 6 nitrogen and oxygen atoms in total. The predicted molar refractivity (Wildman–Crippen MR) is 155 cm³/mol. The van der Waals surface area contributed by atoms with Crippen molar-refractivity contribution in [1.82, 2.24) is 9.97 Å². The van der Waals surface area contributed by atoms with Gasteiger partial charge in [-0.3, -0.25) is 9.59 Å². The van der Waals surface area contributed by atoms with Gasteiger partial charge in [0, 0.05) is 110 Å². The summed E-state index contributed by atoms with van der Waals surface area (Å²) in [4.78, 5) is 28.6. The van der Waals surface area contributed by atoms with Gasteiger partial charge in [-0.2, -0.15) is 0 Å². The van der Waals surface area contributed by atoms with Gasteiger partial charge in [0.05, 0.1) is 20.0 Å². The van der Waals surface area contributed by atoms with Gasteiger partial charge in [0.15, 0.2) is 0 Å². The molecule has 210 valence electrons. The van der Waals surface area contributed by atoms with E-state index >= 15 is 0 Å². The summed E-state index contributed by atoms with van der Waals surface area (Å²) in [5.41, 5.74) is 8.32. The molecule has 0 radical (unpaired) electrons. The number of carboxylic acid groups (broad SMARTS) is 1. The molecule has 6 aromatic rings. The number of aliphatic carboxylic acids is 1. The fraction of sp³-hybridized carbons (Fsp3) is 0.0909. The number of rotatable bonds is 6. The van der Waals surface area contributed by atoms with Gasteiger partial charge < -0.3 is 19.8 Å². The number of benzene rings is 4. The minimum atomic E-state index is -0.814. The zero-order chi connectivity index (χ0) is 27.2. The van der Waals surface area contributed by atoms with Crippen LogP contribution in [0.15, 0.2) is 109 Å². The van der Waals surface area contributed by atoms with Crippen molar-refractivity contribution < 1.29 is 94.9 Å². The first-order valence-corrected chi connectivity index (χ1v) is 12.6. The molecule has 0 spiro atoms. The summed E-state index contributed by atoms with van der Waals surface area (Å²) >= 11 is 0. The van der Waals surface area contributed by atoms with E-state index < -0.39 is 5.97 Å². The third-order valence-corrected chi connectivity index (χ3v) is 6.65. The number of H-pyrrole nitrogens is 2. The average molecular weight is 596 g/mol. The summed E-state index contributed by atoms with van der Waals surface area (Å²) in [5.74, 6) is -1.04. The molecule has 0 amide bonds. The van der Waals surface area contributed by atoms with E-state index in [1.165, 1.54) is 12.7 Å². The molecule has 4 aromatic carbocycles. The Labute approximate surface area is 298 Å². The summed E-state index contributed by atoms with van der Waals surface area (Å²) in [6.07, 6.45) is 3.97. The van der Waals surface area contributed by atoms with E-state index in [0.717, 1.165) is 49.6 Å². The molecule has 2 aromatic heterocycles. The number of aromatic amines is 2. The average Bonchev–Trinajstić information content (AvgIpc) is 3.57. The van der Waals surface area contributed by atoms with Crippen molar-refractivity contribution in [2.45, 2.75) is 12.8 Å². The second-order valence-electron chi connectivity index (χ2n) is 9.20. The molecule has 0 aliphatic heterocycles. The van der Waals surface area contributed by atoms with Gasteiger partial charge >= 0.3 is 11.9 Å². The van der Waals surface area contributed by atoms with Gasteiger partial charge in [-0.1, -0.05) is 72.8 Å². The van der Waals surface area contributed by atoms with Crippen molar-refractivity contribution in [1.29, 1.82) is 0 Å². The van der Waals surface area contributed by atoms with Crippen LogP contribution in [0, 0.1) is 75.5 Å². The maximum absolute atomic E-state index is 11.4. The largest absolute Gasteiger partial charge is 0.481 e. The van der Waals surface area contributed by atoms with E-state index in [1.54, 1.807) is 6.20 Å². The molecule has 0 saturated carbocycles. The Morgan fingerprint density at radius 2 is 1.07 bits per heavy atom. The van der Waals surface area contributed by atoms with Crippen molar-refractivity contribution >= 4 is 33.7 Å². The molecular weight excluding hydrogens is 568 g/mol. The number of ether oxygens (including phenoxy) is 1. The molecule has 3 N–H and O–H groups in total. The minimum absolute atomic E-state index is 0. The van der Waals surface area contributed by atoms with Gasteiger partial charge in [0.2, 0.25) is 0 Å². The van der Waals surface area contributed by atoms with Crippen LogP contribution in [0.25, 0.3) is 44.1 Å². The molecule has 0 fully saturated rings. The van der Waals surface area contributed by atoms with Crippen LogP contribution in [0.1, 0.15) is 11.1 Å². The van der Waals surface area contributed by atoms with Crippen molar-refractivity contribution in [2.75, 3.05) is 7.11 Å². The zero-order valence-corrected chi connectivity index (χ0v) is 23.6. The van der Waals surface area contributed by atoms with Crippen LogP contribution in [0.3, 0.4) is 0 Å². The van der Waals surface area contributed by atoms with Gasteiger partial charge in [0.1, 0.15) is 0 Å². The summed E-state index contributed by atoms with van der Waals surface area (Å²) in [7, 11) is 1.41. The normalized spacial score (nSPS) is 10.2. The third kappa shape index (κ3) is 8.25. The standard InChI is InChI=1S/C17H15NO2.C16H13NO2.2Ar/c1-20-17(19)10-14-11-18-16-8-7-13(9-15(14)16)12-5-3-2-4-6-12;18-16(19)9-13-10-17-15-7-6-12(8-14(13)15)11-4-2-1-3-5-11;;/h2-9,11,18H,10H2,1H3;1-8,10,17H,9H2,(H,18,19);;. The Morgan fingerprint density at radius 3 is 1.49 bits per heavy atom. The summed E-state index contributed by atoms with van der Waals surface area (Å²) in [6.45, 7) is 0. The van der Waals surface area contributed by atoms with Crippen LogP contribution in [-0.2, 0) is 27.2 Å². The first-order chi connectivity index (χ1) is 19.0. The molecule has 0 saturated heterocycles. The fourth-order valence-electron chi connectivity index (χ4n) is 4.66. The Hall–Kier alpha value is -2.58. The van der Waals surface area contributed by atoms with Gasteiger partial charge in [-0.15, -0.1) is 0 Å². The van der Waals surface area contributed by atoms with Crippen LogP contribution >= 0.6 is 0 Å². The zero-order valence-electron chi connectivity index (χ0n) is 22.2. The number of hydrogen-bond acceptors (Lipinski definition) is 3. The number of carboxylic acids is 1. The third-order valence-electron chi connectivity index (χ3n) is 6.65. The van der Waals surface area contributed by atoms with Crippen LogP contribution in [0.2, 0.25) is 0 Å². The number of fused-ring (bicyclic) bond motifs is 2. The van der Waals surface area contributed by atoms with E-state index in [-0.39, 0.29) is 94.3 Å². The Morgan fingerprint density at radius 1 is 0.634 bits per heavy atom. The summed E-state index contributed by atoms with van der Waals surface area (Å²) in [6, 6.07) is 32.6. The van der Waals surface area contributed by atoms with Gasteiger partial charge in [0.25, 0.3) is 0 Å². The number of carbonyl (C=O) groups excluding carboxylic acids is 1. The Kier molecular flexibility index (Phi) is 12.5. The molecular formula is C33H28Ar2N2O4. The van der Waals surface area contributed by atoms with E-state index in [0.29, 0.717) is 0 Å². The molecule has 8 heteroatoms. The maximum Gasteiger partial charge on any atom is 0.310 e. The van der Waals surface area contributed by atoms with Crippen LogP contribution in [-0.4, -0.2) is 34.1 Å². The monoisotopic (exact) mass is 596 g/mol. The van der Waals surface area contributed by atoms with E-state index in [9.17, 15) is 9.59 Å². The summed E-state index contributed by atoms with van der Waals surface area (Å²) < 4.78 is 4.73. The van der Waals surface area contributed by atoms with Crippen LogP contribution in [0.5, 0.6) is 0 Å². The predicted octanol–water partition coefficient (Wildman–Crippen LogP) is 7.01. The number of esters is 1. The topological polar surface area (TPSA) is 95.2 Å². The van der Waals surface area contributed by atoms with Crippen molar-refractivity contribution in [2.24, 2.45) is 0 Å². The molecule has 0 atom stereocenters.